The molecule has 0 bridgehead atoms. The molecule has 1 fully saturated rings. The van der Waals surface area contributed by atoms with Gasteiger partial charge in [0.25, 0.3) is 5.56 Å². The zero-order chi connectivity index (χ0) is 12.9. The Morgan fingerprint density at radius 3 is 2.67 bits per heavy atom. The number of rotatable bonds is 2. The molecular weight excluding hydrogens is 271 g/mol. The van der Waals surface area contributed by atoms with Crippen LogP contribution in [-0.4, -0.2) is 9.36 Å². The first-order valence-electron chi connectivity index (χ1n) is 5.83. The molecule has 1 aliphatic rings. The van der Waals surface area contributed by atoms with E-state index in [1.807, 2.05) is 11.7 Å². The van der Waals surface area contributed by atoms with Gasteiger partial charge >= 0.3 is 0 Å². The Labute approximate surface area is 115 Å². The number of aromatic nitrogens is 2. The van der Waals surface area contributed by atoms with Gasteiger partial charge in [-0.1, -0.05) is 29.3 Å². The fourth-order valence-corrected chi connectivity index (χ4v) is 2.62. The Bertz CT molecular complexity index is 668. The molecule has 0 atom stereocenters. The molecule has 94 valence electrons. The molecule has 3 rings (SSSR count). The second kappa shape index (κ2) is 4.18. The number of hydrogen-bond acceptors (Lipinski definition) is 1. The summed E-state index contributed by atoms with van der Waals surface area (Å²) in [5.74, 6) is 0.516. The number of benzene rings is 1. The second-order valence-electron chi connectivity index (χ2n) is 4.59. The van der Waals surface area contributed by atoms with Crippen LogP contribution in [0, 0.1) is 0 Å². The minimum absolute atomic E-state index is 0.0661. The van der Waals surface area contributed by atoms with Crippen molar-refractivity contribution in [2.45, 2.75) is 18.8 Å². The molecule has 1 aliphatic carbocycles. The third-order valence-electron chi connectivity index (χ3n) is 3.31. The van der Waals surface area contributed by atoms with Crippen molar-refractivity contribution in [3.8, 4) is 5.69 Å². The highest BCUT2D eigenvalue weighted by Crippen LogP contribution is 2.39. The van der Waals surface area contributed by atoms with E-state index in [0.29, 0.717) is 21.7 Å². The van der Waals surface area contributed by atoms with Crippen molar-refractivity contribution in [2.24, 2.45) is 7.05 Å². The van der Waals surface area contributed by atoms with Crippen LogP contribution < -0.4 is 5.56 Å². The lowest BCUT2D eigenvalue weighted by Gasteiger charge is -2.11. The summed E-state index contributed by atoms with van der Waals surface area (Å²) >= 11 is 12.2. The van der Waals surface area contributed by atoms with E-state index in [9.17, 15) is 4.79 Å². The molecule has 1 saturated carbocycles. The minimum Gasteiger partial charge on any atom is -0.285 e. The van der Waals surface area contributed by atoms with Gasteiger partial charge in [-0.25, -0.2) is 4.68 Å². The number of hydrogen-bond donors (Lipinski definition) is 0. The van der Waals surface area contributed by atoms with Crippen LogP contribution in [0.25, 0.3) is 5.69 Å². The van der Waals surface area contributed by atoms with Gasteiger partial charge in [-0.3, -0.25) is 9.48 Å². The van der Waals surface area contributed by atoms with Gasteiger partial charge in [0.05, 0.1) is 15.7 Å². The van der Waals surface area contributed by atoms with Crippen molar-refractivity contribution in [1.82, 2.24) is 9.36 Å². The Morgan fingerprint density at radius 1 is 1.28 bits per heavy atom. The average Bonchev–Trinajstić information content (AvgIpc) is 3.12. The molecule has 0 saturated heterocycles. The van der Waals surface area contributed by atoms with Crippen LogP contribution in [0.3, 0.4) is 0 Å². The van der Waals surface area contributed by atoms with Crippen LogP contribution >= 0.6 is 23.2 Å². The van der Waals surface area contributed by atoms with Gasteiger partial charge in [0.2, 0.25) is 0 Å². The summed E-state index contributed by atoms with van der Waals surface area (Å²) in [6, 6.07) is 6.99. The third kappa shape index (κ3) is 1.78. The predicted octanol–water partition coefficient (Wildman–Crippen LogP) is 3.36. The Kier molecular flexibility index (Phi) is 2.76. The van der Waals surface area contributed by atoms with E-state index in [1.165, 1.54) is 0 Å². The van der Waals surface area contributed by atoms with Gasteiger partial charge in [0.15, 0.2) is 0 Å². The van der Waals surface area contributed by atoms with Crippen molar-refractivity contribution >= 4 is 23.2 Å². The van der Waals surface area contributed by atoms with Crippen LogP contribution in [-0.2, 0) is 7.05 Å². The van der Waals surface area contributed by atoms with Gasteiger partial charge in [0, 0.05) is 24.7 Å². The molecule has 0 aliphatic heterocycles. The fraction of sp³-hybridized carbons (Fsp3) is 0.308. The topological polar surface area (TPSA) is 26.9 Å². The summed E-state index contributed by atoms with van der Waals surface area (Å²) in [5.41, 5.74) is 1.63. The summed E-state index contributed by atoms with van der Waals surface area (Å²) in [6.45, 7) is 0. The van der Waals surface area contributed by atoms with Crippen LogP contribution in [0.5, 0.6) is 0 Å². The fourth-order valence-electron chi connectivity index (χ4n) is 2.24. The zero-order valence-electron chi connectivity index (χ0n) is 9.86. The molecule has 0 N–H and O–H groups in total. The number of nitrogens with zero attached hydrogens (tertiary/aromatic N) is 2. The molecule has 0 spiro atoms. The quantitative estimate of drug-likeness (QED) is 0.830. The van der Waals surface area contributed by atoms with Gasteiger partial charge in [-0.2, -0.15) is 0 Å². The monoisotopic (exact) mass is 282 g/mol. The Hall–Kier alpha value is -1.19. The zero-order valence-corrected chi connectivity index (χ0v) is 11.4. The molecule has 1 aromatic carbocycles. The molecule has 1 heterocycles. The lowest BCUT2D eigenvalue weighted by atomic mass is 10.3. The third-order valence-corrected chi connectivity index (χ3v) is 4.12. The highest BCUT2D eigenvalue weighted by molar-refractivity contribution is 6.43. The Morgan fingerprint density at radius 2 is 2.00 bits per heavy atom. The van der Waals surface area contributed by atoms with E-state index in [0.717, 1.165) is 18.5 Å². The molecule has 0 unspecified atom stereocenters. The van der Waals surface area contributed by atoms with E-state index in [4.69, 9.17) is 23.2 Å². The van der Waals surface area contributed by atoms with Crippen LogP contribution in [0.4, 0.5) is 0 Å². The van der Waals surface area contributed by atoms with E-state index >= 15 is 0 Å². The standard InChI is InChI=1S/C13H12Cl2N2O/c1-16-11(8-5-6-8)7-12(18)17(16)10-4-2-3-9(14)13(10)15/h2-4,7-8H,5-6H2,1H3. The number of halogens is 2. The molecule has 0 amide bonds. The van der Waals surface area contributed by atoms with Crippen LogP contribution in [0.1, 0.15) is 24.5 Å². The maximum absolute atomic E-state index is 12.1. The van der Waals surface area contributed by atoms with Crippen molar-refractivity contribution in [3.05, 3.63) is 50.4 Å². The lowest BCUT2D eigenvalue weighted by molar-refractivity contribution is 0.616. The first-order chi connectivity index (χ1) is 8.59. The van der Waals surface area contributed by atoms with Gasteiger partial charge in [-0.15, -0.1) is 0 Å². The summed E-state index contributed by atoms with van der Waals surface area (Å²) in [5, 5.41) is 0.861. The summed E-state index contributed by atoms with van der Waals surface area (Å²) < 4.78 is 3.44. The Balaban J connectivity index is 2.22. The minimum atomic E-state index is -0.0661. The van der Waals surface area contributed by atoms with E-state index in [-0.39, 0.29) is 5.56 Å². The molecule has 0 radical (unpaired) electrons. The van der Waals surface area contributed by atoms with Crippen LogP contribution in [0.15, 0.2) is 29.1 Å². The van der Waals surface area contributed by atoms with Crippen molar-refractivity contribution in [3.63, 3.8) is 0 Å². The highest BCUT2D eigenvalue weighted by atomic mass is 35.5. The summed E-state index contributed by atoms with van der Waals surface area (Å²) in [4.78, 5) is 12.1. The molecule has 3 nitrogen and oxygen atoms in total. The summed E-state index contributed by atoms with van der Waals surface area (Å²) in [6.07, 6.45) is 2.31. The maximum Gasteiger partial charge on any atom is 0.271 e. The first kappa shape index (κ1) is 11.9. The first-order valence-corrected chi connectivity index (χ1v) is 6.58. The molecule has 1 aromatic heterocycles. The lowest BCUT2D eigenvalue weighted by Crippen LogP contribution is -2.19. The largest absolute Gasteiger partial charge is 0.285 e. The van der Waals surface area contributed by atoms with E-state index < -0.39 is 0 Å². The van der Waals surface area contributed by atoms with Gasteiger partial charge in [-0.05, 0) is 25.0 Å². The molecular formula is C13H12Cl2N2O. The van der Waals surface area contributed by atoms with Crippen molar-refractivity contribution in [2.75, 3.05) is 0 Å². The van der Waals surface area contributed by atoms with E-state index in [1.54, 1.807) is 28.9 Å². The highest BCUT2D eigenvalue weighted by Gasteiger charge is 2.28. The summed E-state index contributed by atoms with van der Waals surface area (Å²) in [7, 11) is 1.88. The molecule has 2 aromatic rings. The smallest absolute Gasteiger partial charge is 0.271 e. The van der Waals surface area contributed by atoms with Gasteiger partial charge in [0.1, 0.15) is 0 Å². The SMILES string of the molecule is Cn1c(C2CC2)cc(=O)n1-c1cccc(Cl)c1Cl. The van der Waals surface area contributed by atoms with Crippen molar-refractivity contribution < 1.29 is 0 Å². The normalized spacial score (nSPS) is 15.1. The molecule has 5 heteroatoms. The average molecular weight is 283 g/mol. The van der Waals surface area contributed by atoms with Gasteiger partial charge < -0.3 is 0 Å². The van der Waals surface area contributed by atoms with Crippen molar-refractivity contribution in [1.29, 1.82) is 0 Å². The maximum atomic E-state index is 12.1. The molecule has 18 heavy (non-hydrogen) atoms. The second-order valence-corrected chi connectivity index (χ2v) is 5.38. The predicted molar refractivity (Wildman–Crippen MR) is 73.0 cm³/mol. The van der Waals surface area contributed by atoms with E-state index in [2.05, 4.69) is 0 Å². The van der Waals surface area contributed by atoms with Crippen LogP contribution in [0.2, 0.25) is 10.0 Å².